The smallest absolute Gasteiger partial charge is 0.338 e. The fourth-order valence-corrected chi connectivity index (χ4v) is 4.19. The average molecular weight is 362 g/mol. The highest BCUT2D eigenvalue weighted by Crippen LogP contribution is 2.27. The van der Waals surface area contributed by atoms with Crippen molar-refractivity contribution >= 4 is 12.0 Å². The van der Waals surface area contributed by atoms with E-state index in [9.17, 15) is 9.59 Å². The molecule has 7 nitrogen and oxygen atoms in total. The Bertz CT molecular complexity index is 673. The summed E-state index contributed by atoms with van der Waals surface area (Å²) in [6.45, 7) is 9.20. The van der Waals surface area contributed by atoms with Gasteiger partial charge in [0.05, 0.1) is 37.2 Å². The number of hydrogen-bond donors (Lipinski definition) is 3. The largest absolute Gasteiger partial charge is 0.467 e. The van der Waals surface area contributed by atoms with E-state index < -0.39 is 12.0 Å². The Morgan fingerprint density at radius 1 is 1.35 bits per heavy atom. The minimum Gasteiger partial charge on any atom is -0.467 e. The molecule has 0 aromatic carbocycles. The molecule has 1 unspecified atom stereocenters. The topological polar surface area (TPSA) is 85.0 Å². The maximum absolute atomic E-state index is 12.7. The van der Waals surface area contributed by atoms with Crippen molar-refractivity contribution in [2.24, 2.45) is 11.8 Å². The number of carbonyl (C=O) groups excluding carboxylic acids is 2. The van der Waals surface area contributed by atoms with E-state index >= 15 is 0 Å². The Morgan fingerprint density at radius 2 is 2.08 bits per heavy atom. The SMILES string of the molecule is CCOC(=O)C1=C(C[NH+]2C[C@H](C)C[C@H](C)C2)NC(=O)N[C@@H]1c1ccco1. The Morgan fingerprint density at radius 3 is 2.69 bits per heavy atom. The van der Waals surface area contributed by atoms with Crippen LogP contribution in [0, 0.1) is 11.8 Å². The molecule has 7 heteroatoms. The lowest BCUT2D eigenvalue weighted by molar-refractivity contribution is -0.907. The van der Waals surface area contributed by atoms with Gasteiger partial charge in [-0.1, -0.05) is 13.8 Å². The first-order valence-electron chi connectivity index (χ1n) is 9.32. The third kappa shape index (κ3) is 4.09. The molecule has 2 aliphatic rings. The average Bonchev–Trinajstić information content (AvgIpc) is 3.07. The van der Waals surface area contributed by atoms with Gasteiger partial charge in [-0.3, -0.25) is 0 Å². The van der Waals surface area contributed by atoms with Crippen molar-refractivity contribution < 1.29 is 23.6 Å². The molecule has 0 spiro atoms. The molecule has 0 saturated carbocycles. The van der Waals surface area contributed by atoms with Crippen molar-refractivity contribution in [1.82, 2.24) is 10.6 Å². The first-order chi connectivity index (χ1) is 12.5. The van der Waals surface area contributed by atoms with Crippen molar-refractivity contribution in [1.29, 1.82) is 0 Å². The zero-order valence-electron chi connectivity index (χ0n) is 15.6. The van der Waals surface area contributed by atoms with Crippen LogP contribution >= 0.6 is 0 Å². The quantitative estimate of drug-likeness (QED) is 0.683. The van der Waals surface area contributed by atoms with Gasteiger partial charge >= 0.3 is 12.0 Å². The van der Waals surface area contributed by atoms with Gasteiger partial charge in [-0.25, -0.2) is 9.59 Å². The number of carbonyl (C=O) groups is 2. The molecule has 26 heavy (non-hydrogen) atoms. The second kappa shape index (κ2) is 7.95. The summed E-state index contributed by atoms with van der Waals surface area (Å²) in [7, 11) is 0. The lowest BCUT2D eigenvalue weighted by Crippen LogP contribution is -3.14. The number of ether oxygens (including phenoxy) is 1. The maximum Gasteiger partial charge on any atom is 0.338 e. The molecule has 2 amide bonds. The molecule has 4 atom stereocenters. The molecule has 3 N–H and O–H groups in total. The number of likely N-dealkylation sites (tertiary alicyclic amines) is 1. The predicted molar refractivity (Wildman–Crippen MR) is 95.3 cm³/mol. The number of piperidine rings is 1. The number of esters is 1. The zero-order chi connectivity index (χ0) is 18.7. The van der Waals surface area contributed by atoms with E-state index in [4.69, 9.17) is 9.15 Å². The van der Waals surface area contributed by atoms with E-state index in [0.29, 0.717) is 35.4 Å². The third-order valence-electron chi connectivity index (χ3n) is 4.98. The van der Waals surface area contributed by atoms with E-state index in [1.54, 1.807) is 19.1 Å². The van der Waals surface area contributed by atoms with E-state index in [1.807, 2.05) is 0 Å². The number of hydrogen-bond acceptors (Lipinski definition) is 4. The van der Waals surface area contributed by atoms with Gasteiger partial charge in [-0.2, -0.15) is 0 Å². The molecule has 0 bridgehead atoms. The summed E-state index contributed by atoms with van der Waals surface area (Å²) < 4.78 is 10.7. The molecular formula is C19H28N3O4+. The van der Waals surface area contributed by atoms with Crippen LogP contribution in [-0.2, 0) is 9.53 Å². The minimum atomic E-state index is -0.633. The van der Waals surface area contributed by atoms with Crippen LogP contribution in [0.25, 0.3) is 0 Å². The molecule has 2 aliphatic heterocycles. The Kier molecular flexibility index (Phi) is 5.66. The standard InChI is InChI=1S/C19H27N3O4/c1-4-25-18(23)16-14(11-22-9-12(2)8-13(3)10-22)20-19(24)21-17(16)15-6-5-7-26-15/h5-7,12-13,17H,4,8-11H2,1-3H3,(H2,20,21,24)/p+1/t12-,13+,17-/m1/s1. The summed E-state index contributed by atoms with van der Waals surface area (Å²) in [5.74, 6) is 1.35. The van der Waals surface area contributed by atoms with Crippen molar-refractivity contribution in [3.05, 3.63) is 35.4 Å². The maximum atomic E-state index is 12.7. The molecule has 1 fully saturated rings. The van der Waals surface area contributed by atoms with Crippen LogP contribution < -0.4 is 15.5 Å². The summed E-state index contributed by atoms with van der Waals surface area (Å²) in [5.41, 5.74) is 1.06. The van der Waals surface area contributed by atoms with Gasteiger partial charge in [-0.15, -0.1) is 0 Å². The molecule has 142 valence electrons. The molecule has 1 aromatic heterocycles. The van der Waals surface area contributed by atoms with Crippen molar-refractivity contribution in [3.63, 3.8) is 0 Å². The molecule has 0 aliphatic carbocycles. The predicted octanol–water partition coefficient (Wildman–Crippen LogP) is 1.01. The van der Waals surface area contributed by atoms with E-state index in [0.717, 1.165) is 13.1 Å². The fraction of sp³-hybridized carbons (Fsp3) is 0.579. The minimum absolute atomic E-state index is 0.277. The fourth-order valence-electron chi connectivity index (χ4n) is 4.19. The molecule has 3 heterocycles. The number of amides is 2. The highest BCUT2D eigenvalue weighted by molar-refractivity contribution is 5.95. The summed E-state index contributed by atoms with van der Waals surface area (Å²) in [5, 5.41) is 5.62. The van der Waals surface area contributed by atoms with E-state index in [1.165, 1.54) is 17.6 Å². The van der Waals surface area contributed by atoms with Gasteiger partial charge in [0.1, 0.15) is 18.3 Å². The highest BCUT2D eigenvalue weighted by Gasteiger charge is 2.37. The van der Waals surface area contributed by atoms with Crippen molar-refractivity contribution in [3.8, 4) is 0 Å². The van der Waals surface area contributed by atoms with Gasteiger partial charge in [0.15, 0.2) is 0 Å². The van der Waals surface area contributed by atoms with Crippen molar-refractivity contribution in [2.45, 2.75) is 33.2 Å². The van der Waals surface area contributed by atoms with Crippen LogP contribution in [0.4, 0.5) is 4.79 Å². The van der Waals surface area contributed by atoms with Gasteiger partial charge in [0.25, 0.3) is 0 Å². The monoisotopic (exact) mass is 362 g/mol. The summed E-state index contributed by atoms with van der Waals surface area (Å²) >= 11 is 0. The molecule has 3 rings (SSSR count). The summed E-state index contributed by atoms with van der Waals surface area (Å²) in [4.78, 5) is 26.3. The first-order valence-corrected chi connectivity index (χ1v) is 9.32. The normalized spacial score (nSPS) is 29.1. The van der Waals surface area contributed by atoms with E-state index in [-0.39, 0.29) is 12.6 Å². The van der Waals surface area contributed by atoms with Crippen LogP contribution in [0.15, 0.2) is 34.1 Å². The Balaban J connectivity index is 1.93. The number of urea groups is 1. The van der Waals surface area contributed by atoms with Gasteiger partial charge in [-0.05, 0) is 25.5 Å². The molecule has 1 saturated heterocycles. The first kappa shape index (κ1) is 18.5. The van der Waals surface area contributed by atoms with Gasteiger partial charge in [0, 0.05) is 11.8 Å². The molecule has 0 radical (unpaired) electrons. The molecule has 1 aromatic rings. The number of rotatable bonds is 5. The Labute approximate surface area is 153 Å². The second-order valence-corrected chi connectivity index (χ2v) is 7.44. The van der Waals surface area contributed by atoms with Crippen molar-refractivity contribution in [2.75, 3.05) is 26.2 Å². The van der Waals surface area contributed by atoms with Crippen LogP contribution in [0.1, 0.15) is 39.0 Å². The number of furan rings is 1. The molecular weight excluding hydrogens is 334 g/mol. The summed E-state index contributed by atoms with van der Waals surface area (Å²) in [6, 6.07) is 2.54. The van der Waals surface area contributed by atoms with Crippen LogP contribution in [0.3, 0.4) is 0 Å². The number of quaternary nitrogens is 1. The summed E-state index contributed by atoms with van der Waals surface area (Å²) in [6.07, 6.45) is 2.75. The van der Waals surface area contributed by atoms with Gasteiger partial charge < -0.3 is 24.7 Å². The van der Waals surface area contributed by atoms with E-state index in [2.05, 4.69) is 24.5 Å². The lowest BCUT2D eigenvalue weighted by atomic mass is 9.91. The van der Waals surface area contributed by atoms with Crippen LogP contribution in [0.2, 0.25) is 0 Å². The Hall–Kier alpha value is -2.28. The van der Waals surface area contributed by atoms with Crippen LogP contribution in [-0.4, -0.2) is 38.2 Å². The lowest BCUT2D eigenvalue weighted by Gasteiger charge is -2.34. The second-order valence-electron chi connectivity index (χ2n) is 7.44. The van der Waals surface area contributed by atoms with Crippen LogP contribution in [0.5, 0.6) is 0 Å². The number of nitrogens with one attached hydrogen (secondary N) is 3. The van der Waals surface area contributed by atoms with Gasteiger partial charge in [0.2, 0.25) is 0 Å². The highest BCUT2D eigenvalue weighted by atomic mass is 16.5. The third-order valence-corrected chi connectivity index (χ3v) is 4.98. The zero-order valence-corrected chi connectivity index (χ0v) is 15.6.